The summed E-state index contributed by atoms with van der Waals surface area (Å²) in [6.45, 7) is 4.35. The van der Waals surface area contributed by atoms with E-state index in [-0.39, 0.29) is 11.9 Å². The van der Waals surface area contributed by atoms with E-state index in [4.69, 9.17) is 17.4 Å². The van der Waals surface area contributed by atoms with Crippen LogP contribution < -0.4 is 11.3 Å². The Bertz CT molecular complexity index is 351. The second kappa shape index (κ2) is 7.72. The molecule has 1 rings (SSSR count). The van der Waals surface area contributed by atoms with Crippen LogP contribution in [0.2, 0.25) is 5.02 Å². The van der Waals surface area contributed by atoms with Crippen molar-refractivity contribution in [1.82, 2.24) is 5.43 Å². The van der Waals surface area contributed by atoms with Crippen molar-refractivity contribution in [3.8, 4) is 0 Å². The van der Waals surface area contributed by atoms with Crippen molar-refractivity contribution < 1.29 is 4.39 Å². The molecule has 1 aromatic carbocycles. The van der Waals surface area contributed by atoms with Crippen LogP contribution >= 0.6 is 11.6 Å². The van der Waals surface area contributed by atoms with E-state index in [2.05, 4.69) is 19.3 Å². The molecule has 2 atom stereocenters. The van der Waals surface area contributed by atoms with Gasteiger partial charge in [0.2, 0.25) is 0 Å². The summed E-state index contributed by atoms with van der Waals surface area (Å²) < 4.78 is 13.7. The molecule has 0 spiro atoms. The van der Waals surface area contributed by atoms with Gasteiger partial charge in [-0.15, -0.1) is 0 Å². The predicted octanol–water partition coefficient (Wildman–Crippen LogP) is 3.68. The van der Waals surface area contributed by atoms with Gasteiger partial charge in [-0.3, -0.25) is 11.3 Å². The normalized spacial score (nSPS) is 14.5. The molecule has 2 unspecified atom stereocenters. The van der Waals surface area contributed by atoms with Gasteiger partial charge < -0.3 is 0 Å². The number of nitrogens with two attached hydrogens (primary N) is 1. The van der Waals surface area contributed by atoms with E-state index in [1.54, 1.807) is 12.1 Å². The second-order valence-electron chi connectivity index (χ2n) is 4.90. The molecular weight excluding hydrogens is 251 g/mol. The first-order chi connectivity index (χ1) is 8.58. The molecule has 0 aromatic heterocycles. The molecule has 0 saturated carbocycles. The fourth-order valence-corrected chi connectivity index (χ4v) is 2.52. The molecule has 0 aliphatic heterocycles. The molecule has 102 valence electrons. The number of nitrogens with one attached hydrogen (secondary N) is 1. The summed E-state index contributed by atoms with van der Waals surface area (Å²) in [7, 11) is 0. The van der Waals surface area contributed by atoms with Gasteiger partial charge in [0.1, 0.15) is 5.82 Å². The van der Waals surface area contributed by atoms with Gasteiger partial charge in [-0.2, -0.15) is 0 Å². The zero-order valence-corrected chi connectivity index (χ0v) is 11.8. The summed E-state index contributed by atoms with van der Waals surface area (Å²) >= 11 is 6.02. The Morgan fingerprint density at radius 3 is 2.72 bits per heavy atom. The van der Waals surface area contributed by atoms with Crippen molar-refractivity contribution >= 4 is 11.6 Å². The third-order valence-electron chi connectivity index (χ3n) is 3.22. The maximum absolute atomic E-state index is 13.7. The first-order valence-corrected chi connectivity index (χ1v) is 6.85. The van der Waals surface area contributed by atoms with Gasteiger partial charge in [-0.05, 0) is 30.9 Å². The minimum absolute atomic E-state index is 0.0564. The van der Waals surface area contributed by atoms with Crippen molar-refractivity contribution in [3.63, 3.8) is 0 Å². The highest BCUT2D eigenvalue weighted by molar-refractivity contribution is 6.31. The smallest absolute Gasteiger partial charge is 0.127 e. The van der Waals surface area contributed by atoms with Crippen LogP contribution in [-0.4, -0.2) is 6.04 Å². The Hall–Kier alpha value is -0.640. The van der Waals surface area contributed by atoms with Crippen LogP contribution in [0.15, 0.2) is 18.2 Å². The molecule has 3 N–H and O–H groups in total. The Morgan fingerprint density at radius 1 is 1.44 bits per heavy atom. The van der Waals surface area contributed by atoms with E-state index >= 15 is 0 Å². The van der Waals surface area contributed by atoms with Crippen LogP contribution in [-0.2, 0) is 6.42 Å². The highest BCUT2D eigenvalue weighted by atomic mass is 35.5. The fourth-order valence-electron chi connectivity index (χ4n) is 2.28. The van der Waals surface area contributed by atoms with Gasteiger partial charge in [-0.25, -0.2) is 4.39 Å². The molecule has 0 amide bonds. The highest BCUT2D eigenvalue weighted by Crippen LogP contribution is 2.22. The van der Waals surface area contributed by atoms with Crippen molar-refractivity contribution in [2.75, 3.05) is 0 Å². The maximum atomic E-state index is 13.7. The summed E-state index contributed by atoms with van der Waals surface area (Å²) in [5.74, 6) is 5.86. The minimum atomic E-state index is -0.258. The average Bonchev–Trinajstić information content (AvgIpc) is 2.33. The van der Waals surface area contributed by atoms with Gasteiger partial charge in [0.25, 0.3) is 0 Å². The quantitative estimate of drug-likeness (QED) is 0.587. The average molecular weight is 273 g/mol. The van der Waals surface area contributed by atoms with Crippen LogP contribution in [0.3, 0.4) is 0 Å². The summed E-state index contributed by atoms with van der Waals surface area (Å²) in [6, 6.07) is 4.82. The monoisotopic (exact) mass is 272 g/mol. The van der Waals surface area contributed by atoms with Crippen LogP contribution in [0.1, 0.15) is 38.7 Å². The second-order valence-corrected chi connectivity index (χ2v) is 5.30. The van der Waals surface area contributed by atoms with Crippen LogP contribution in [0.4, 0.5) is 4.39 Å². The molecule has 0 radical (unpaired) electrons. The van der Waals surface area contributed by atoms with Gasteiger partial charge in [-0.1, -0.05) is 44.4 Å². The molecule has 0 aliphatic rings. The molecule has 1 aromatic rings. The van der Waals surface area contributed by atoms with Crippen molar-refractivity contribution in [1.29, 1.82) is 0 Å². The number of halogens is 2. The Balaban J connectivity index is 2.68. The standard InChI is InChI=1S/C14H22ClFN2/c1-3-5-10(2)8-11(18-17)9-12-13(15)6-4-7-14(12)16/h4,6-7,10-11,18H,3,5,8-9,17H2,1-2H3. The molecule has 0 bridgehead atoms. The van der Waals surface area contributed by atoms with E-state index in [0.29, 0.717) is 22.9 Å². The lowest BCUT2D eigenvalue weighted by Crippen LogP contribution is -2.38. The van der Waals surface area contributed by atoms with E-state index in [9.17, 15) is 4.39 Å². The summed E-state index contributed by atoms with van der Waals surface area (Å²) in [5.41, 5.74) is 3.32. The Labute approximate surface area is 114 Å². The van der Waals surface area contributed by atoms with E-state index in [1.807, 2.05) is 0 Å². The lowest BCUT2D eigenvalue weighted by molar-refractivity contribution is 0.382. The Kier molecular flexibility index (Phi) is 6.61. The van der Waals surface area contributed by atoms with E-state index < -0.39 is 0 Å². The SMILES string of the molecule is CCCC(C)CC(Cc1c(F)cccc1Cl)NN. The Morgan fingerprint density at radius 2 is 2.17 bits per heavy atom. The van der Waals surface area contributed by atoms with Crippen LogP contribution in [0.25, 0.3) is 0 Å². The molecule has 0 aliphatic carbocycles. The minimum Gasteiger partial charge on any atom is -0.271 e. The number of rotatable bonds is 7. The molecule has 4 heteroatoms. The van der Waals surface area contributed by atoms with Gasteiger partial charge in [0.15, 0.2) is 0 Å². The van der Waals surface area contributed by atoms with Gasteiger partial charge in [0.05, 0.1) is 0 Å². The van der Waals surface area contributed by atoms with E-state index in [1.165, 1.54) is 6.07 Å². The van der Waals surface area contributed by atoms with Gasteiger partial charge in [0, 0.05) is 16.6 Å². The maximum Gasteiger partial charge on any atom is 0.127 e. The molecule has 0 heterocycles. The fraction of sp³-hybridized carbons (Fsp3) is 0.571. The van der Waals surface area contributed by atoms with Crippen LogP contribution in [0.5, 0.6) is 0 Å². The summed E-state index contributed by atoms with van der Waals surface area (Å²) in [5, 5.41) is 0.471. The van der Waals surface area contributed by atoms with Crippen molar-refractivity contribution in [2.45, 2.75) is 45.6 Å². The largest absolute Gasteiger partial charge is 0.271 e. The van der Waals surface area contributed by atoms with Gasteiger partial charge >= 0.3 is 0 Å². The predicted molar refractivity (Wildman–Crippen MR) is 74.9 cm³/mol. The van der Waals surface area contributed by atoms with Crippen LogP contribution in [0, 0.1) is 11.7 Å². The third-order valence-corrected chi connectivity index (χ3v) is 3.57. The lowest BCUT2D eigenvalue weighted by atomic mass is 9.93. The summed E-state index contributed by atoms with van der Waals surface area (Å²) in [4.78, 5) is 0. The first kappa shape index (κ1) is 15.4. The van der Waals surface area contributed by atoms with E-state index in [0.717, 1.165) is 19.3 Å². The van der Waals surface area contributed by atoms with Crippen molar-refractivity contribution in [3.05, 3.63) is 34.6 Å². The number of hydrogen-bond donors (Lipinski definition) is 2. The summed E-state index contributed by atoms with van der Waals surface area (Å²) in [6.07, 6.45) is 3.76. The highest BCUT2D eigenvalue weighted by Gasteiger charge is 2.16. The molecule has 0 fully saturated rings. The molecular formula is C14H22ClFN2. The number of hydrazine groups is 1. The molecule has 18 heavy (non-hydrogen) atoms. The molecule has 2 nitrogen and oxygen atoms in total. The third kappa shape index (κ3) is 4.56. The molecule has 0 saturated heterocycles. The first-order valence-electron chi connectivity index (χ1n) is 6.47. The zero-order chi connectivity index (χ0) is 13.5. The topological polar surface area (TPSA) is 38.0 Å². The number of hydrogen-bond acceptors (Lipinski definition) is 2. The zero-order valence-electron chi connectivity index (χ0n) is 11.0. The number of benzene rings is 1. The lowest BCUT2D eigenvalue weighted by Gasteiger charge is -2.20. The van der Waals surface area contributed by atoms with Crippen molar-refractivity contribution in [2.24, 2.45) is 11.8 Å².